The number of ether oxygens (including phenoxy) is 1. The number of carbonyl (C=O) groups excluding carboxylic acids is 1. The van der Waals surface area contributed by atoms with Gasteiger partial charge >= 0.3 is 0 Å². The van der Waals surface area contributed by atoms with Gasteiger partial charge in [0.05, 0.1) is 5.02 Å². The van der Waals surface area contributed by atoms with E-state index in [4.69, 9.17) is 16.3 Å². The number of halogens is 2. The number of benzene rings is 3. The van der Waals surface area contributed by atoms with E-state index in [0.717, 1.165) is 11.8 Å². The number of rotatable bonds is 5. The first-order chi connectivity index (χ1) is 11.7. The molecular formula is C20H14ClFO2. The lowest BCUT2D eigenvalue weighted by molar-refractivity contribution is 0.112. The average molecular weight is 341 g/mol. The van der Waals surface area contributed by atoms with Crippen LogP contribution in [0.3, 0.4) is 0 Å². The molecule has 3 rings (SSSR count). The molecule has 0 saturated carbocycles. The monoisotopic (exact) mass is 340 g/mol. The second-order valence-electron chi connectivity index (χ2n) is 5.23. The molecule has 0 bridgehead atoms. The Hall–Kier alpha value is -2.65. The van der Waals surface area contributed by atoms with Crippen LogP contribution in [0.5, 0.6) is 5.75 Å². The Morgan fingerprint density at radius 2 is 1.62 bits per heavy atom. The highest BCUT2D eigenvalue weighted by atomic mass is 35.5. The second-order valence-corrected chi connectivity index (χ2v) is 5.61. The van der Waals surface area contributed by atoms with Crippen molar-refractivity contribution in [2.75, 3.05) is 0 Å². The maximum atomic E-state index is 14.0. The van der Waals surface area contributed by atoms with Gasteiger partial charge in [-0.05, 0) is 30.3 Å². The fourth-order valence-electron chi connectivity index (χ4n) is 2.38. The molecule has 2 nitrogen and oxygen atoms in total. The summed E-state index contributed by atoms with van der Waals surface area (Å²) in [4.78, 5) is 10.7. The lowest BCUT2D eigenvalue weighted by Gasteiger charge is -2.12. The molecule has 3 aromatic carbocycles. The molecular weight excluding hydrogens is 327 g/mol. The fourth-order valence-corrected chi connectivity index (χ4v) is 2.66. The minimum absolute atomic E-state index is 0.252. The average Bonchev–Trinajstić information content (AvgIpc) is 2.62. The van der Waals surface area contributed by atoms with Gasteiger partial charge in [-0.2, -0.15) is 0 Å². The van der Waals surface area contributed by atoms with Gasteiger partial charge in [0, 0.05) is 22.3 Å². The molecule has 0 saturated heterocycles. The molecule has 3 aromatic rings. The SMILES string of the molecule is O=Cc1ccc(OCc2cccc(-c3ccccc3F)c2Cl)cc1. The Morgan fingerprint density at radius 1 is 0.917 bits per heavy atom. The fraction of sp³-hybridized carbons (Fsp3) is 0.0500. The van der Waals surface area contributed by atoms with Gasteiger partial charge < -0.3 is 4.74 Å². The largest absolute Gasteiger partial charge is 0.489 e. The van der Waals surface area contributed by atoms with E-state index in [0.29, 0.717) is 27.5 Å². The first kappa shape index (κ1) is 16.2. The smallest absolute Gasteiger partial charge is 0.150 e. The topological polar surface area (TPSA) is 26.3 Å². The van der Waals surface area contributed by atoms with Gasteiger partial charge in [0.1, 0.15) is 24.5 Å². The van der Waals surface area contributed by atoms with Crippen molar-refractivity contribution in [1.82, 2.24) is 0 Å². The van der Waals surface area contributed by atoms with Crippen LogP contribution >= 0.6 is 11.6 Å². The Labute approximate surface area is 144 Å². The molecule has 120 valence electrons. The second kappa shape index (κ2) is 7.28. The van der Waals surface area contributed by atoms with Crippen molar-refractivity contribution in [2.45, 2.75) is 6.61 Å². The number of hydrogen-bond donors (Lipinski definition) is 0. The van der Waals surface area contributed by atoms with Crippen LogP contribution in [0.4, 0.5) is 4.39 Å². The molecule has 0 unspecified atom stereocenters. The highest BCUT2D eigenvalue weighted by Gasteiger charge is 2.11. The lowest BCUT2D eigenvalue weighted by atomic mass is 10.0. The summed E-state index contributed by atoms with van der Waals surface area (Å²) in [6, 6.07) is 18.8. The van der Waals surface area contributed by atoms with Crippen molar-refractivity contribution in [3.8, 4) is 16.9 Å². The molecule has 0 aliphatic rings. The maximum Gasteiger partial charge on any atom is 0.150 e. The van der Waals surface area contributed by atoms with Gasteiger partial charge in [-0.1, -0.05) is 48.0 Å². The van der Waals surface area contributed by atoms with E-state index >= 15 is 0 Å². The van der Waals surface area contributed by atoms with Crippen molar-refractivity contribution in [3.05, 3.63) is 88.7 Å². The van der Waals surface area contributed by atoms with E-state index in [-0.39, 0.29) is 12.4 Å². The zero-order valence-corrected chi connectivity index (χ0v) is 13.5. The molecule has 0 radical (unpaired) electrons. The quantitative estimate of drug-likeness (QED) is 0.570. The van der Waals surface area contributed by atoms with E-state index in [1.165, 1.54) is 6.07 Å². The van der Waals surface area contributed by atoms with E-state index in [9.17, 15) is 9.18 Å². The summed E-state index contributed by atoms with van der Waals surface area (Å²) >= 11 is 6.44. The molecule has 4 heteroatoms. The maximum absolute atomic E-state index is 14.0. The molecule has 0 N–H and O–H groups in total. The molecule has 0 aromatic heterocycles. The van der Waals surface area contributed by atoms with E-state index < -0.39 is 0 Å². The van der Waals surface area contributed by atoms with E-state index in [1.54, 1.807) is 48.5 Å². The van der Waals surface area contributed by atoms with Crippen molar-refractivity contribution in [2.24, 2.45) is 0 Å². The molecule has 0 atom stereocenters. The Kier molecular flexibility index (Phi) is 4.92. The summed E-state index contributed by atoms with van der Waals surface area (Å²) in [5.41, 5.74) is 2.44. The molecule has 0 aliphatic carbocycles. The number of hydrogen-bond acceptors (Lipinski definition) is 2. The summed E-state index contributed by atoms with van der Waals surface area (Å²) in [6.07, 6.45) is 0.776. The molecule has 0 amide bonds. The third-order valence-electron chi connectivity index (χ3n) is 3.65. The minimum atomic E-state index is -0.318. The highest BCUT2D eigenvalue weighted by molar-refractivity contribution is 6.34. The first-order valence-corrected chi connectivity index (χ1v) is 7.77. The Bertz CT molecular complexity index is 860. The van der Waals surface area contributed by atoms with Gasteiger partial charge in [-0.15, -0.1) is 0 Å². The molecule has 24 heavy (non-hydrogen) atoms. The molecule has 0 aliphatic heterocycles. The summed E-state index contributed by atoms with van der Waals surface area (Å²) in [5, 5.41) is 0.465. The van der Waals surface area contributed by atoms with Crippen molar-refractivity contribution in [1.29, 1.82) is 0 Å². The van der Waals surface area contributed by atoms with Gasteiger partial charge in [-0.3, -0.25) is 4.79 Å². The predicted molar refractivity (Wildman–Crippen MR) is 93.0 cm³/mol. The minimum Gasteiger partial charge on any atom is -0.489 e. The normalized spacial score (nSPS) is 10.4. The molecule has 0 spiro atoms. The van der Waals surface area contributed by atoms with E-state index in [1.807, 2.05) is 12.1 Å². The van der Waals surface area contributed by atoms with Gasteiger partial charge in [0.2, 0.25) is 0 Å². The van der Waals surface area contributed by atoms with Crippen LogP contribution in [0.25, 0.3) is 11.1 Å². The summed E-state index contributed by atoms with van der Waals surface area (Å²) < 4.78 is 19.7. The van der Waals surface area contributed by atoms with Gasteiger partial charge in [-0.25, -0.2) is 4.39 Å². The van der Waals surface area contributed by atoms with Crippen LogP contribution in [0.1, 0.15) is 15.9 Å². The van der Waals surface area contributed by atoms with Crippen LogP contribution < -0.4 is 4.74 Å². The standard InChI is InChI=1S/C20H14ClFO2/c21-20-15(13-24-16-10-8-14(12-23)9-11-16)4-3-6-18(20)17-5-1-2-7-19(17)22/h1-12H,13H2. The van der Waals surface area contributed by atoms with Crippen LogP contribution in [0.15, 0.2) is 66.7 Å². The van der Waals surface area contributed by atoms with Crippen LogP contribution in [0, 0.1) is 5.82 Å². The van der Waals surface area contributed by atoms with Crippen LogP contribution in [-0.2, 0) is 6.61 Å². The first-order valence-electron chi connectivity index (χ1n) is 7.39. The van der Waals surface area contributed by atoms with Crippen molar-refractivity contribution >= 4 is 17.9 Å². The predicted octanol–water partition coefficient (Wildman–Crippen LogP) is 5.54. The lowest BCUT2D eigenvalue weighted by Crippen LogP contribution is -1.98. The highest BCUT2D eigenvalue weighted by Crippen LogP contribution is 2.32. The third kappa shape index (κ3) is 3.47. The molecule has 0 heterocycles. The van der Waals surface area contributed by atoms with Crippen LogP contribution in [-0.4, -0.2) is 6.29 Å². The Balaban J connectivity index is 1.83. The Morgan fingerprint density at radius 3 is 2.33 bits per heavy atom. The van der Waals surface area contributed by atoms with Crippen molar-refractivity contribution in [3.63, 3.8) is 0 Å². The van der Waals surface area contributed by atoms with Gasteiger partial charge in [0.15, 0.2) is 0 Å². The number of aldehydes is 1. The zero-order chi connectivity index (χ0) is 16.9. The summed E-state index contributed by atoms with van der Waals surface area (Å²) in [6.45, 7) is 0.252. The summed E-state index contributed by atoms with van der Waals surface area (Å²) in [5.74, 6) is 0.315. The van der Waals surface area contributed by atoms with Crippen molar-refractivity contribution < 1.29 is 13.9 Å². The molecule has 0 fully saturated rings. The van der Waals surface area contributed by atoms with Gasteiger partial charge in [0.25, 0.3) is 0 Å². The summed E-state index contributed by atoms with van der Waals surface area (Å²) in [7, 11) is 0. The van der Waals surface area contributed by atoms with E-state index in [2.05, 4.69) is 0 Å². The van der Waals surface area contributed by atoms with Crippen LogP contribution in [0.2, 0.25) is 5.02 Å². The zero-order valence-electron chi connectivity index (χ0n) is 12.7. The number of carbonyl (C=O) groups is 1. The third-order valence-corrected chi connectivity index (χ3v) is 4.10.